The highest BCUT2D eigenvalue weighted by Gasteiger charge is 2.37. The van der Waals surface area contributed by atoms with Crippen molar-refractivity contribution >= 4 is 23.8 Å². The number of benzene rings is 2. The van der Waals surface area contributed by atoms with Crippen LogP contribution >= 0.6 is 0 Å². The van der Waals surface area contributed by atoms with Gasteiger partial charge < -0.3 is 15.0 Å². The number of hydrogen-bond acceptors (Lipinski definition) is 4. The van der Waals surface area contributed by atoms with Crippen molar-refractivity contribution in [1.82, 2.24) is 4.90 Å². The molecule has 4 rings (SSSR count). The van der Waals surface area contributed by atoms with Crippen LogP contribution in [-0.2, 0) is 11.3 Å². The van der Waals surface area contributed by atoms with Crippen LogP contribution in [0.5, 0.6) is 5.75 Å². The molecule has 2 aromatic carbocycles. The van der Waals surface area contributed by atoms with E-state index in [1.165, 1.54) is 0 Å². The molecule has 2 aromatic rings. The maximum absolute atomic E-state index is 12.8. The molecule has 1 fully saturated rings. The van der Waals surface area contributed by atoms with E-state index in [4.69, 9.17) is 4.74 Å². The SMILES string of the molecule is COc1cc(NC(=O)C2CCC(N3Cc4c(C=O)cccc4C3=O)CC2)ccc1C. The molecule has 0 unspecified atom stereocenters. The van der Waals surface area contributed by atoms with Gasteiger partial charge in [0.1, 0.15) is 12.0 Å². The first-order valence-electron chi connectivity index (χ1n) is 10.4. The van der Waals surface area contributed by atoms with Crippen LogP contribution in [0.2, 0.25) is 0 Å². The Labute approximate surface area is 176 Å². The smallest absolute Gasteiger partial charge is 0.254 e. The number of nitrogens with zero attached hydrogens (tertiary/aromatic N) is 1. The predicted molar refractivity (Wildman–Crippen MR) is 114 cm³/mol. The molecule has 6 nitrogen and oxygen atoms in total. The Kier molecular flexibility index (Phi) is 5.57. The molecule has 2 amide bonds. The van der Waals surface area contributed by atoms with Crippen molar-refractivity contribution in [1.29, 1.82) is 0 Å². The Balaban J connectivity index is 1.37. The lowest BCUT2D eigenvalue weighted by Gasteiger charge is -2.34. The first-order chi connectivity index (χ1) is 14.5. The van der Waals surface area contributed by atoms with E-state index in [2.05, 4.69) is 5.32 Å². The molecule has 156 valence electrons. The Hall–Kier alpha value is -3.15. The van der Waals surface area contributed by atoms with Crippen LogP contribution in [0.15, 0.2) is 36.4 Å². The maximum Gasteiger partial charge on any atom is 0.254 e. The van der Waals surface area contributed by atoms with Gasteiger partial charge in [-0.05, 0) is 55.9 Å². The van der Waals surface area contributed by atoms with Gasteiger partial charge in [-0.3, -0.25) is 14.4 Å². The Bertz CT molecular complexity index is 993. The number of carbonyl (C=O) groups is 3. The second-order valence-electron chi connectivity index (χ2n) is 8.10. The standard InChI is InChI=1S/C24H26N2O4/c1-15-6-9-18(12-22(15)30-2)25-23(28)16-7-10-19(11-8-16)26-13-21-17(14-27)4-3-5-20(21)24(26)29/h3-6,9,12,14,16,19H,7-8,10-11,13H2,1-2H3,(H,25,28). The lowest BCUT2D eigenvalue weighted by Crippen LogP contribution is -2.40. The molecule has 0 radical (unpaired) electrons. The molecule has 6 heteroatoms. The summed E-state index contributed by atoms with van der Waals surface area (Å²) < 4.78 is 5.33. The van der Waals surface area contributed by atoms with Gasteiger partial charge in [-0.1, -0.05) is 18.2 Å². The minimum atomic E-state index is -0.0702. The van der Waals surface area contributed by atoms with E-state index in [9.17, 15) is 14.4 Å². The van der Waals surface area contributed by atoms with Gasteiger partial charge in [-0.2, -0.15) is 0 Å². The topological polar surface area (TPSA) is 75.7 Å². The molecule has 0 bridgehead atoms. The lowest BCUT2D eigenvalue weighted by atomic mass is 9.84. The molecule has 30 heavy (non-hydrogen) atoms. The first kappa shape index (κ1) is 20.1. The van der Waals surface area contributed by atoms with E-state index in [0.717, 1.165) is 54.5 Å². The fourth-order valence-corrected chi connectivity index (χ4v) is 4.58. The average Bonchev–Trinajstić information content (AvgIpc) is 3.11. The molecule has 0 aromatic heterocycles. The highest BCUT2D eigenvalue weighted by molar-refractivity contribution is 6.01. The normalized spacial score (nSPS) is 20.6. The van der Waals surface area contributed by atoms with Gasteiger partial charge >= 0.3 is 0 Å². The van der Waals surface area contributed by atoms with Gasteiger partial charge in [0.05, 0.1) is 7.11 Å². The minimum absolute atomic E-state index is 0.00616. The van der Waals surface area contributed by atoms with Gasteiger partial charge in [0.25, 0.3) is 5.91 Å². The van der Waals surface area contributed by atoms with Gasteiger partial charge in [-0.25, -0.2) is 0 Å². The molecule has 1 aliphatic carbocycles. The van der Waals surface area contributed by atoms with E-state index < -0.39 is 0 Å². The van der Waals surface area contributed by atoms with Crippen LogP contribution in [0.3, 0.4) is 0 Å². The zero-order valence-corrected chi connectivity index (χ0v) is 17.3. The summed E-state index contributed by atoms with van der Waals surface area (Å²) in [4.78, 5) is 38.7. The first-order valence-corrected chi connectivity index (χ1v) is 10.4. The van der Waals surface area contributed by atoms with Gasteiger partial charge in [0, 0.05) is 41.4 Å². The Morgan fingerprint density at radius 3 is 2.63 bits per heavy atom. The lowest BCUT2D eigenvalue weighted by molar-refractivity contribution is -0.121. The van der Waals surface area contributed by atoms with Crippen molar-refractivity contribution in [2.24, 2.45) is 5.92 Å². The zero-order valence-electron chi connectivity index (χ0n) is 17.3. The molecule has 0 saturated heterocycles. The molecule has 0 spiro atoms. The summed E-state index contributed by atoms with van der Waals surface area (Å²) in [6.45, 7) is 2.44. The second kappa shape index (κ2) is 8.30. The number of carbonyl (C=O) groups excluding carboxylic acids is 3. The number of methoxy groups -OCH3 is 1. The number of nitrogens with one attached hydrogen (secondary N) is 1. The number of aldehydes is 1. The van der Waals surface area contributed by atoms with Gasteiger partial charge in [-0.15, -0.1) is 0 Å². The van der Waals surface area contributed by atoms with E-state index in [-0.39, 0.29) is 23.8 Å². The van der Waals surface area contributed by atoms with Crippen LogP contribution in [0.25, 0.3) is 0 Å². The van der Waals surface area contributed by atoms with Crippen LogP contribution < -0.4 is 10.1 Å². The fraction of sp³-hybridized carbons (Fsp3) is 0.375. The van der Waals surface area contributed by atoms with Crippen LogP contribution in [0.1, 0.15) is 57.5 Å². The number of hydrogen-bond donors (Lipinski definition) is 1. The van der Waals surface area contributed by atoms with Crippen molar-refractivity contribution in [3.8, 4) is 5.75 Å². The third-order valence-corrected chi connectivity index (χ3v) is 6.34. The van der Waals surface area contributed by atoms with E-state index in [1.807, 2.05) is 30.0 Å². The summed E-state index contributed by atoms with van der Waals surface area (Å²) in [5, 5.41) is 3.00. The number of amides is 2. The number of ether oxygens (including phenoxy) is 1. The highest BCUT2D eigenvalue weighted by Crippen LogP contribution is 2.34. The predicted octanol–water partition coefficient (Wildman–Crippen LogP) is 3.97. The third kappa shape index (κ3) is 3.70. The quantitative estimate of drug-likeness (QED) is 0.763. The maximum atomic E-state index is 12.8. The summed E-state index contributed by atoms with van der Waals surface area (Å²) in [5.41, 5.74) is 3.80. The Morgan fingerprint density at radius 1 is 1.17 bits per heavy atom. The molecule has 0 atom stereocenters. The average molecular weight is 406 g/mol. The number of anilines is 1. The van der Waals surface area contributed by atoms with Gasteiger partial charge in [0.15, 0.2) is 0 Å². The molecule has 2 aliphatic rings. The van der Waals surface area contributed by atoms with Crippen molar-refractivity contribution in [3.05, 3.63) is 58.7 Å². The zero-order chi connectivity index (χ0) is 21.3. The van der Waals surface area contributed by atoms with E-state index in [0.29, 0.717) is 17.7 Å². The number of aryl methyl sites for hydroxylation is 1. The summed E-state index contributed by atoms with van der Waals surface area (Å²) in [6, 6.07) is 11.0. The molecule has 1 N–H and O–H groups in total. The van der Waals surface area contributed by atoms with E-state index >= 15 is 0 Å². The monoisotopic (exact) mass is 406 g/mol. The summed E-state index contributed by atoms with van der Waals surface area (Å²) in [7, 11) is 1.62. The van der Waals surface area contributed by atoms with Crippen LogP contribution in [0, 0.1) is 12.8 Å². The van der Waals surface area contributed by atoms with Crippen molar-refractivity contribution < 1.29 is 19.1 Å². The number of rotatable bonds is 5. The minimum Gasteiger partial charge on any atom is -0.496 e. The highest BCUT2D eigenvalue weighted by atomic mass is 16.5. The molecule has 1 saturated carbocycles. The third-order valence-electron chi connectivity index (χ3n) is 6.34. The molecule has 1 heterocycles. The van der Waals surface area contributed by atoms with Crippen molar-refractivity contribution in [3.63, 3.8) is 0 Å². The number of fused-ring (bicyclic) bond motifs is 1. The largest absolute Gasteiger partial charge is 0.496 e. The summed E-state index contributed by atoms with van der Waals surface area (Å²) >= 11 is 0. The van der Waals surface area contributed by atoms with Crippen molar-refractivity contribution in [2.45, 2.75) is 45.2 Å². The summed E-state index contributed by atoms with van der Waals surface area (Å²) in [5.74, 6) is 0.685. The van der Waals surface area contributed by atoms with Crippen molar-refractivity contribution in [2.75, 3.05) is 12.4 Å². The fourth-order valence-electron chi connectivity index (χ4n) is 4.58. The second-order valence-corrected chi connectivity index (χ2v) is 8.10. The van der Waals surface area contributed by atoms with E-state index in [1.54, 1.807) is 25.3 Å². The van der Waals surface area contributed by atoms with Crippen LogP contribution in [0.4, 0.5) is 5.69 Å². The van der Waals surface area contributed by atoms with Gasteiger partial charge in [0.2, 0.25) is 5.91 Å². The van der Waals surface area contributed by atoms with Crippen LogP contribution in [-0.4, -0.2) is 36.2 Å². The molecular formula is C24H26N2O4. The Morgan fingerprint density at radius 2 is 1.93 bits per heavy atom. The molecular weight excluding hydrogens is 380 g/mol. The summed E-state index contributed by atoms with van der Waals surface area (Å²) in [6.07, 6.45) is 3.86. The molecule has 1 aliphatic heterocycles.